The number of thiazole rings is 1. The van der Waals surface area contributed by atoms with Crippen LogP contribution < -0.4 is 20.7 Å². The first-order valence-corrected chi connectivity index (χ1v) is 14.1. The van der Waals surface area contributed by atoms with Crippen LogP contribution in [-0.2, 0) is 43.4 Å². The van der Waals surface area contributed by atoms with E-state index in [2.05, 4.69) is 24.7 Å². The number of nitrogens with two attached hydrogens (primary N) is 1. The Morgan fingerprint density at radius 2 is 2.13 bits per heavy atom. The number of nitrogens with one attached hydrogen (secondary N) is 1. The van der Waals surface area contributed by atoms with Gasteiger partial charge >= 0.3 is 5.97 Å². The first-order valence-electron chi connectivity index (χ1n) is 11.4. The molecule has 4 heterocycles. The smallest absolute Gasteiger partial charge is 0.344 e. The van der Waals surface area contributed by atoms with E-state index in [4.69, 9.17) is 10.8 Å². The highest BCUT2D eigenvalue weighted by atomic mass is 32.2. The second-order valence-corrected chi connectivity index (χ2v) is 11.4. The van der Waals surface area contributed by atoms with E-state index in [1.807, 2.05) is 10.1 Å². The molecule has 2 aromatic heterocycles. The van der Waals surface area contributed by atoms with Gasteiger partial charge in [0.25, 0.3) is 11.8 Å². The fourth-order valence-electron chi connectivity index (χ4n) is 4.49. The quantitative estimate of drug-likeness (QED) is 0.132. The number of carboxylic acids is 2. The number of hydrogen-bond donors (Lipinski definition) is 3. The molecule has 2 aliphatic heterocycles. The monoisotopic (exact) mass is 579 g/mol. The predicted octanol–water partition coefficient (Wildman–Crippen LogP) is -1.74. The van der Waals surface area contributed by atoms with Gasteiger partial charge in [-0.25, -0.2) is 4.79 Å². The van der Waals surface area contributed by atoms with Crippen molar-refractivity contribution in [3.8, 4) is 0 Å². The van der Waals surface area contributed by atoms with Gasteiger partial charge in [0.15, 0.2) is 17.4 Å². The van der Waals surface area contributed by atoms with Crippen LogP contribution in [0.1, 0.15) is 29.2 Å². The molecule has 38 heavy (non-hydrogen) atoms. The standard InChI is InChI=1S/C21H21N7O7S3/c22-21-24-16(26-38-21)13(25-35-6-12(29)30)17(31)23-14-18(32)28-15(20(33)34)9(7-36-19(14)28)5-27-8-37-11-4-2-1-3-10(11)27/h8,14,19H,1-7H2,(H4-,22,23,24,26,29,30,31,33,34)/b25-13-/t14-,19+/m1/s1. The number of nitrogens with zero attached hydrogens (tertiary/aromatic N) is 5. The van der Waals surface area contributed by atoms with E-state index >= 15 is 0 Å². The van der Waals surface area contributed by atoms with E-state index in [9.17, 15) is 24.3 Å². The van der Waals surface area contributed by atoms with Crippen LogP contribution in [0.15, 0.2) is 21.9 Å². The molecule has 0 spiro atoms. The molecule has 2 aromatic rings. The van der Waals surface area contributed by atoms with Crippen LogP contribution in [0, 0.1) is 0 Å². The van der Waals surface area contributed by atoms with Gasteiger partial charge in [-0.1, -0.05) is 16.5 Å². The average Bonchev–Trinajstić information content (AvgIpc) is 3.50. The minimum atomic E-state index is -1.46. The molecule has 0 radical (unpaired) electrons. The summed E-state index contributed by atoms with van der Waals surface area (Å²) >= 11 is 3.76. The Hall–Kier alpha value is -3.57. The number of hydrogen-bond acceptors (Lipinski definition) is 13. The second-order valence-electron chi connectivity index (χ2n) is 8.59. The van der Waals surface area contributed by atoms with Crippen molar-refractivity contribution in [1.82, 2.24) is 19.6 Å². The molecule has 2 atom stereocenters. The molecule has 4 N–H and O–H groups in total. The van der Waals surface area contributed by atoms with Crippen LogP contribution in [0.25, 0.3) is 0 Å². The number of nitrogen functional groups attached to an aromatic ring is 1. The Morgan fingerprint density at radius 1 is 1.34 bits per heavy atom. The lowest BCUT2D eigenvalue weighted by atomic mass is 10.0. The summed E-state index contributed by atoms with van der Waals surface area (Å²) in [6.07, 6.45) is 4.16. The highest BCUT2D eigenvalue weighted by molar-refractivity contribution is 8.00. The number of aromatic nitrogens is 3. The van der Waals surface area contributed by atoms with E-state index in [1.165, 1.54) is 22.3 Å². The van der Waals surface area contributed by atoms with Crippen molar-refractivity contribution in [3.05, 3.63) is 33.2 Å². The number of oxime groups is 1. The second kappa shape index (κ2) is 10.7. The third kappa shape index (κ3) is 4.95. The fourth-order valence-corrected chi connectivity index (χ4v) is 7.34. The molecule has 0 unspecified atom stereocenters. The molecule has 1 fully saturated rings. The van der Waals surface area contributed by atoms with Gasteiger partial charge < -0.3 is 30.9 Å². The van der Waals surface area contributed by atoms with Crippen molar-refractivity contribution in [2.45, 2.75) is 43.6 Å². The lowest BCUT2D eigenvalue weighted by Crippen LogP contribution is -2.71. The van der Waals surface area contributed by atoms with Crippen molar-refractivity contribution in [1.29, 1.82) is 0 Å². The highest BCUT2D eigenvalue weighted by Crippen LogP contribution is 2.40. The number of carbonyl (C=O) groups excluding carboxylic acids is 3. The van der Waals surface area contributed by atoms with E-state index in [0.717, 1.165) is 42.1 Å². The lowest BCUT2D eigenvalue weighted by molar-refractivity contribution is -0.692. The van der Waals surface area contributed by atoms with E-state index in [-0.39, 0.29) is 16.7 Å². The summed E-state index contributed by atoms with van der Waals surface area (Å²) in [6.45, 7) is -0.483. The SMILES string of the molecule is Nc1nc(/C(=N/OCC(=O)O)C(=O)N[C@@H]2C(=O)N3C(C(=O)[O-])=C(C[n+]4csc5c4CCCC5)CS[C@@H]23)ns1. The van der Waals surface area contributed by atoms with Crippen molar-refractivity contribution in [3.63, 3.8) is 0 Å². The first kappa shape index (κ1) is 26.1. The molecule has 0 aromatic carbocycles. The van der Waals surface area contributed by atoms with Crippen molar-refractivity contribution < 1.29 is 38.8 Å². The summed E-state index contributed by atoms with van der Waals surface area (Å²) < 4.78 is 5.94. The fraction of sp³-hybridized carbons (Fsp3) is 0.429. The maximum absolute atomic E-state index is 13.1. The number of amides is 2. The van der Waals surface area contributed by atoms with Crippen LogP contribution in [0.4, 0.5) is 5.13 Å². The average molecular weight is 580 g/mol. The minimum Gasteiger partial charge on any atom is -0.543 e. The number of thioether (sulfide) groups is 1. The maximum Gasteiger partial charge on any atom is 0.344 e. The van der Waals surface area contributed by atoms with Gasteiger partial charge in [0, 0.05) is 29.3 Å². The summed E-state index contributed by atoms with van der Waals surface area (Å²) in [6, 6.07) is -1.06. The third-order valence-corrected chi connectivity index (χ3v) is 9.13. The zero-order valence-electron chi connectivity index (χ0n) is 19.6. The van der Waals surface area contributed by atoms with Crippen LogP contribution in [0.3, 0.4) is 0 Å². The molecule has 3 aliphatic rings. The van der Waals surface area contributed by atoms with Gasteiger partial charge in [0.05, 0.1) is 16.5 Å². The summed E-state index contributed by atoms with van der Waals surface area (Å²) in [5, 5.41) is 26.3. The largest absolute Gasteiger partial charge is 0.543 e. The zero-order chi connectivity index (χ0) is 27.0. The predicted molar refractivity (Wildman–Crippen MR) is 133 cm³/mol. The Morgan fingerprint density at radius 3 is 2.84 bits per heavy atom. The van der Waals surface area contributed by atoms with Crippen LogP contribution in [-0.4, -0.2) is 72.6 Å². The van der Waals surface area contributed by atoms with Gasteiger partial charge in [-0.15, -0.1) is 11.8 Å². The van der Waals surface area contributed by atoms with Crippen LogP contribution in [0.2, 0.25) is 0 Å². The molecule has 17 heteroatoms. The van der Waals surface area contributed by atoms with E-state index in [0.29, 0.717) is 17.9 Å². The molecule has 1 saturated heterocycles. The minimum absolute atomic E-state index is 0.0356. The van der Waals surface area contributed by atoms with Crippen molar-refractivity contribution in [2.75, 3.05) is 18.1 Å². The number of aryl methyl sites for hydroxylation is 1. The molecule has 2 amide bonds. The molecule has 5 rings (SSSR count). The Balaban J connectivity index is 1.34. The first-order chi connectivity index (χ1) is 18.2. The summed E-state index contributed by atoms with van der Waals surface area (Å²) in [4.78, 5) is 59.9. The third-order valence-electron chi connectivity index (χ3n) is 6.16. The van der Waals surface area contributed by atoms with Gasteiger partial charge in [0.1, 0.15) is 11.4 Å². The van der Waals surface area contributed by atoms with E-state index in [1.54, 1.807) is 11.3 Å². The Kier molecular flexibility index (Phi) is 7.31. The normalized spacial score (nSPS) is 20.9. The lowest BCUT2D eigenvalue weighted by Gasteiger charge is -2.50. The topological polar surface area (TPSA) is 204 Å². The molecule has 14 nitrogen and oxygen atoms in total. The number of carbonyl (C=O) groups is 4. The Labute approximate surface area is 227 Å². The molecular weight excluding hydrogens is 558 g/mol. The number of anilines is 1. The molecule has 1 aliphatic carbocycles. The van der Waals surface area contributed by atoms with Crippen molar-refractivity contribution >= 4 is 69.2 Å². The summed E-state index contributed by atoms with van der Waals surface area (Å²) in [7, 11) is 0. The molecule has 200 valence electrons. The highest BCUT2D eigenvalue weighted by Gasteiger charge is 2.53. The summed E-state index contributed by atoms with van der Waals surface area (Å²) in [5.74, 6) is -4.18. The van der Waals surface area contributed by atoms with Gasteiger partial charge in [0.2, 0.25) is 23.7 Å². The number of β-lactam (4-membered cyclic amide) rings is 1. The number of aliphatic carboxylic acids is 2. The van der Waals surface area contributed by atoms with Gasteiger partial charge in [-0.3, -0.25) is 14.5 Å². The number of fused-ring (bicyclic) bond motifs is 2. The van der Waals surface area contributed by atoms with Crippen LogP contribution in [0.5, 0.6) is 0 Å². The van der Waals surface area contributed by atoms with E-state index < -0.39 is 47.5 Å². The maximum atomic E-state index is 13.1. The number of carboxylic acid groups (broad SMARTS) is 2. The molecular formula is C21H21N7O7S3. The van der Waals surface area contributed by atoms with Gasteiger partial charge in [-0.2, -0.15) is 13.9 Å². The zero-order valence-corrected chi connectivity index (χ0v) is 22.1. The van der Waals surface area contributed by atoms with Crippen molar-refractivity contribution in [2.24, 2.45) is 5.16 Å². The molecule has 0 bridgehead atoms. The molecule has 0 saturated carbocycles. The summed E-state index contributed by atoms with van der Waals surface area (Å²) in [5.41, 5.74) is 8.67. The number of rotatable bonds is 9. The van der Waals surface area contributed by atoms with Crippen LogP contribution >= 0.6 is 34.6 Å². The Bertz CT molecular complexity index is 1380. The van der Waals surface area contributed by atoms with Gasteiger partial charge in [-0.05, 0) is 19.3 Å².